The van der Waals surface area contributed by atoms with E-state index in [2.05, 4.69) is 4.98 Å². The molecule has 3 rings (SSSR count). The molecular formula is C17H12FN3O2. The van der Waals surface area contributed by atoms with Gasteiger partial charge in [-0.3, -0.25) is 4.79 Å². The van der Waals surface area contributed by atoms with Gasteiger partial charge in [0.25, 0.3) is 5.56 Å². The molecule has 0 spiro atoms. The number of oxazole rings is 1. The van der Waals surface area contributed by atoms with Gasteiger partial charge in [0.2, 0.25) is 5.89 Å². The summed E-state index contributed by atoms with van der Waals surface area (Å²) in [6.45, 7) is 1.77. The summed E-state index contributed by atoms with van der Waals surface area (Å²) < 4.78 is 20.6. The van der Waals surface area contributed by atoms with E-state index < -0.39 is 11.4 Å². The Morgan fingerprint density at radius 2 is 2.13 bits per heavy atom. The molecule has 0 aliphatic carbocycles. The first-order chi connectivity index (χ1) is 11.1. The average Bonchev–Trinajstić information content (AvgIpc) is 2.99. The maximum absolute atomic E-state index is 13.7. The number of aryl methyl sites for hydroxylation is 1. The first-order valence-corrected chi connectivity index (χ1v) is 6.90. The second kappa shape index (κ2) is 5.89. The molecule has 0 aliphatic rings. The van der Waals surface area contributed by atoms with Gasteiger partial charge in [0.1, 0.15) is 24.0 Å². The Labute approximate surface area is 131 Å². The fourth-order valence-corrected chi connectivity index (χ4v) is 2.24. The third-order valence-electron chi connectivity index (χ3n) is 3.48. The van der Waals surface area contributed by atoms with Crippen molar-refractivity contribution in [3.05, 3.63) is 75.9 Å². The van der Waals surface area contributed by atoms with Gasteiger partial charge in [0.15, 0.2) is 5.76 Å². The van der Waals surface area contributed by atoms with Crippen LogP contribution >= 0.6 is 0 Å². The van der Waals surface area contributed by atoms with Crippen molar-refractivity contribution >= 4 is 0 Å². The molecule has 23 heavy (non-hydrogen) atoms. The Kier molecular flexibility index (Phi) is 3.77. The fourth-order valence-electron chi connectivity index (χ4n) is 2.24. The van der Waals surface area contributed by atoms with Crippen molar-refractivity contribution in [2.45, 2.75) is 13.5 Å². The van der Waals surface area contributed by atoms with Gasteiger partial charge in [0, 0.05) is 6.20 Å². The van der Waals surface area contributed by atoms with Crippen molar-refractivity contribution in [2.75, 3.05) is 0 Å². The van der Waals surface area contributed by atoms with E-state index >= 15 is 0 Å². The van der Waals surface area contributed by atoms with Gasteiger partial charge in [-0.1, -0.05) is 12.1 Å². The predicted molar refractivity (Wildman–Crippen MR) is 81.2 cm³/mol. The van der Waals surface area contributed by atoms with Crippen LogP contribution in [0.3, 0.4) is 0 Å². The van der Waals surface area contributed by atoms with Crippen molar-refractivity contribution < 1.29 is 8.81 Å². The van der Waals surface area contributed by atoms with Gasteiger partial charge < -0.3 is 8.98 Å². The highest BCUT2D eigenvalue weighted by Crippen LogP contribution is 2.23. The zero-order valence-corrected chi connectivity index (χ0v) is 12.3. The molecule has 2 heterocycles. The summed E-state index contributed by atoms with van der Waals surface area (Å²) >= 11 is 0. The normalized spacial score (nSPS) is 10.5. The van der Waals surface area contributed by atoms with Crippen molar-refractivity contribution in [1.82, 2.24) is 9.55 Å². The number of hydrogen-bond acceptors (Lipinski definition) is 4. The van der Waals surface area contributed by atoms with Crippen molar-refractivity contribution in [2.24, 2.45) is 0 Å². The molecule has 0 saturated carbocycles. The minimum absolute atomic E-state index is 0.0717. The second-order valence-corrected chi connectivity index (χ2v) is 5.02. The molecule has 1 aromatic carbocycles. The zero-order valence-electron chi connectivity index (χ0n) is 12.3. The summed E-state index contributed by atoms with van der Waals surface area (Å²) in [6, 6.07) is 9.79. The number of nitriles is 1. The summed E-state index contributed by atoms with van der Waals surface area (Å²) in [7, 11) is 0. The monoisotopic (exact) mass is 309 g/mol. The Bertz CT molecular complexity index is 966. The van der Waals surface area contributed by atoms with Gasteiger partial charge in [0.05, 0.1) is 11.8 Å². The van der Waals surface area contributed by atoms with Crippen molar-refractivity contribution in [3.8, 4) is 17.4 Å². The lowest BCUT2D eigenvalue weighted by molar-refractivity contribution is 0.481. The lowest BCUT2D eigenvalue weighted by Gasteiger charge is -2.04. The number of hydrogen-bond donors (Lipinski definition) is 0. The largest absolute Gasteiger partial charge is 0.439 e. The van der Waals surface area contributed by atoms with Crippen LogP contribution in [0.5, 0.6) is 0 Å². The summed E-state index contributed by atoms with van der Waals surface area (Å²) in [6.07, 6.45) is 2.99. The lowest BCUT2D eigenvalue weighted by Crippen LogP contribution is -2.23. The molecule has 0 aliphatic heterocycles. The van der Waals surface area contributed by atoms with Gasteiger partial charge in [-0.15, -0.1) is 0 Å². The maximum atomic E-state index is 13.7. The van der Waals surface area contributed by atoms with Crippen LogP contribution in [0.25, 0.3) is 11.3 Å². The predicted octanol–water partition coefficient (Wildman–Crippen LogP) is 2.87. The van der Waals surface area contributed by atoms with Crippen LogP contribution in [0.2, 0.25) is 0 Å². The van der Waals surface area contributed by atoms with Crippen LogP contribution in [-0.2, 0) is 6.54 Å². The molecule has 5 nitrogen and oxygen atoms in total. The van der Waals surface area contributed by atoms with E-state index in [1.54, 1.807) is 37.4 Å². The van der Waals surface area contributed by atoms with Crippen LogP contribution in [-0.4, -0.2) is 9.55 Å². The number of nitrogens with zero attached hydrogens (tertiary/aromatic N) is 3. The third-order valence-corrected chi connectivity index (χ3v) is 3.48. The Morgan fingerprint density at radius 1 is 1.35 bits per heavy atom. The fraction of sp³-hybridized carbons (Fsp3) is 0.118. The average molecular weight is 309 g/mol. The van der Waals surface area contributed by atoms with E-state index in [0.717, 1.165) is 0 Å². The van der Waals surface area contributed by atoms with E-state index in [-0.39, 0.29) is 18.0 Å². The summed E-state index contributed by atoms with van der Waals surface area (Å²) in [4.78, 5) is 16.2. The smallest absolute Gasteiger partial charge is 0.269 e. The van der Waals surface area contributed by atoms with Gasteiger partial charge in [-0.2, -0.15) is 5.26 Å². The summed E-state index contributed by atoms with van der Waals surface area (Å²) in [5.41, 5.74) is 0.611. The number of halogens is 1. The van der Waals surface area contributed by atoms with Crippen LogP contribution < -0.4 is 5.56 Å². The first kappa shape index (κ1) is 14.7. The highest BCUT2D eigenvalue weighted by atomic mass is 19.1. The maximum Gasteiger partial charge on any atom is 0.269 e. The van der Waals surface area contributed by atoms with E-state index in [9.17, 15) is 9.18 Å². The van der Waals surface area contributed by atoms with Crippen LogP contribution in [0.15, 0.2) is 51.9 Å². The molecule has 3 aromatic rings. The Balaban J connectivity index is 1.93. The first-order valence-electron chi connectivity index (χ1n) is 6.90. The molecule has 0 unspecified atom stereocenters. The number of benzene rings is 1. The minimum atomic E-state index is -0.408. The highest BCUT2D eigenvalue weighted by molar-refractivity contribution is 5.56. The molecule has 0 atom stereocenters. The molecule has 6 heteroatoms. The molecular weight excluding hydrogens is 297 g/mol. The summed E-state index contributed by atoms with van der Waals surface area (Å²) in [5, 5.41) is 9.03. The van der Waals surface area contributed by atoms with Gasteiger partial charge >= 0.3 is 0 Å². The quantitative estimate of drug-likeness (QED) is 0.746. The molecule has 114 valence electrons. The SMILES string of the molecule is Cc1ccn(Cc2ncc(-c3ccccc3F)o2)c(=O)c1C#N. The second-order valence-electron chi connectivity index (χ2n) is 5.02. The summed E-state index contributed by atoms with van der Waals surface area (Å²) in [5.74, 6) is 0.145. The van der Waals surface area contributed by atoms with Gasteiger partial charge in [-0.05, 0) is 30.7 Å². The number of aromatic nitrogens is 2. The lowest BCUT2D eigenvalue weighted by atomic mass is 10.2. The van der Waals surface area contributed by atoms with Crippen LogP contribution in [0.1, 0.15) is 17.0 Å². The van der Waals surface area contributed by atoms with Crippen LogP contribution in [0, 0.1) is 24.1 Å². The molecule has 0 saturated heterocycles. The molecule has 2 aromatic heterocycles. The standard InChI is InChI=1S/C17H12FN3O2/c1-11-6-7-21(17(22)13(11)8-19)10-16-20-9-15(23-16)12-4-2-3-5-14(12)18/h2-7,9H,10H2,1H3. The molecule has 0 radical (unpaired) electrons. The highest BCUT2D eigenvalue weighted by Gasteiger charge is 2.12. The Hall–Kier alpha value is -3.20. The number of rotatable bonds is 3. The van der Waals surface area contributed by atoms with Gasteiger partial charge in [-0.25, -0.2) is 9.37 Å². The van der Waals surface area contributed by atoms with E-state index in [1.165, 1.54) is 16.8 Å². The topological polar surface area (TPSA) is 71.8 Å². The van der Waals surface area contributed by atoms with E-state index in [1.807, 2.05) is 6.07 Å². The van der Waals surface area contributed by atoms with E-state index in [0.29, 0.717) is 16.9 Å². The molecule has 0 bridgehead atoms. The molecule has 0 amide bonds. The van der Waals surface area contributed by atoms with Crippen molar-refractivity contribution in [1.29, 1.82) is 5.26 Å². The molecule has 0 N–H and O–H groups in total. The minimum Gasteiger partial charge on any atom is -0.439 e. The number of pyridine rings is 1. The Morgan fingerprint density at radius 3 is 2.87 bits per heavy atom. The van der Waals surface area contributed by atoms with Crippen LogP contribution in [0.4, 0.5) is 4.39 Å². The molecule has 0 fully saturated rings. The third kappa shape index (κ3) is 2.77. The van der Waals surface area contributed by atoms with E-state index in [4.69, 9.17) is 9.68 Å². The zero-order chi connectivity index (χ0) is 16.4. The van der Waals surface area contributed by atoms with Crippen molar-refractivity contribution in [3.63, 3.8) is 0 Å².